The maximum Gasteiger partial charge on any atom is 0.228 e. The Labute approximate surface area is 143 Å². The van der Waals surface area contributed by atoms with Crippen molar-refractivity contribution in [1.82, 2.24) is 0 Å². The van der Waals surface area contributed by atoms with Crippen LogP contribution in [0.3, 0.4) is 0 Å². The van der Waals surface area contributed by atoms with Gasteiger partial charge in [0.25, 0.3) is 0 Å². The highest BCUT2D eigenvalue weighted by Gasteiger charge is 2.18. The lowest BCUT2D eigenvalue weighted by Crippen LogP contribution is -2.22. The smallest absolute Gasteiger partial charge is 0.228 e. The van der Waals surface area contributed by atoms with E-state index in [1.165, 1.54) is 12.1 Å². The van der Waals surface area contributed by atoms with Crippen LogP contribution in [0.1, 0.15) is 18.4 Å². The van der Waals surface area contributed by atoms with Crippen molar-refractivity contribution in [2.24, 2.45) is 0 Å². The molecule has 0 bridgehead atoms. The van der Waals surface area contributed by atoms with Gasteiger partial charge in [-0.15, -0.1) is 0 Å². The zero-order valence-corrected chi connectivity index (χ0v) is 14.3. The van der Waals surface area contributed by atoms with Gasteiger partial charge in [-0.2, -0.15) is 0 Å². The van der Waals surface area contributed by atoms with Gasteiger partial charge in [-0.25, -0.2) is 4.39 Å². The second kappa shape index (κ2) is 7.13. The Balaban J connectivity index is 1.77. The third-order valence-corrected chi connectivity index (χ3v) is 4.76. The predicted octanol–water partition coefficient (Wildman–Crippen LogP) is 4.37. The highest BCUT2D eigenvalue weighted by Crippen LogP contribution is 2.30. The molecular weight excluding hydrogens is 359 g/mol. The van der Waals surface area contributed by atoms with E-state index in [2.05, 4.69) is 26.1 Å². The molecule has 1 amide bonds. The minimum Gasteiger partial charge on any atom is -0.370 e. The van der Waals surface area contributed by atoms with Gasteiger partial charge in [0.05, 0.1) is 17.8 Å². The first-order chi connectivity index (χ1) is 11.1. The third kappa shape index (κ3) is 3.91. The number of benzene rings is 2. The van der Waals surface area contributed by atoms with Gasteiger partial charge in [0.2, 0.25) is 5.91 Å². The van der Waals surface area contributed by atoms with Gasteiger partial charge < -0.3 is 10.2 Å². The number of nitrogens with one attached hydrogen (secondary N) is 1. The topological polar surface area (TPSA) is 32.3 Å². The van der Waals surface area contributed by atoms with E-state index < -0.39 is 0 Å². The highest BCUT2D eigenvalue weighted by molar-refractivity contribution is 9.10. The first kappa shape index (κ1) is 16.0. The van der Waals surface area contributed by atoms with Crippen LogP contribution in [0, 0.1) is 5.82 Å². The Hall–Kier alpha value is -1.88. The number of halogens is 2. The molecule has 1 aliphatic heterocycles. The van der Waals surface area contributed by atoms with Crippen LogP contribution in [0.25, 0.3) is 0 Å². The van der Waals surface area contributed by atoms with Crippen LogP contribution in [0.5, 0.6) is 0 Å². The SMILES string of the molecule is O=C(Cc1ccccc1Br)Nc1cc(F)ccc1N1CCCC1. The Morgan fingerprint density at radius 2 is 1.91 bits per heavy atom. The fourth-order valence-electron chi connectivity index (χ4n) is 2.85. The van der Waals surface area contributed by atoms with E-state index in [1.54, 1.807) is 6.07 Å². The largest absolute Gasteiger partial charge is 0.370 e. The van der Waals surface area contributed by atoms with Crippen molar-refractivity contribution in [3.63, 3.8) is 0 Å². The number of anilines is 2. The van der Waals surface area contributed by atoms with E-state index >= 15 is 0 Å². The molecule has 0 unspecified atom stereocenters. The lowest BCUT2D eigenvalue weighted by Gasteiger charge is -2.21. The lowest BCUT2D eigenvalue weighted by molar-refractivity contribution is -0.115. The number of nitrogens with zero attached hydrogens (tertiary/aromatic N) is 1. The molecule has 0 atom stereocenters. The molecule has 23 heavy (non-hydrogen) atoms. The van der Waals surface area contributed by atoms with Gasteiger partial charge in [-0.3, -0.25) is 4.79 Å². The molecule has 0 saturated carbocycles. The second-order valence-corrected chi connectivity index (χ2v) is 6.53. The quantitative estimate of drug-likeness (QED) is 0.858. The second-order valence-electron chi connectivity index (χ2n) is 5.67. The lowest BCUT2D eigenvalue weighted by atomic mass is 10.1. The molecule has 0 radical (unpaired) electrons. The number of hydrogen-bond donors (Lipinski definition) is 1. The van der Waals surface area contributed by atoms with E-state index in [0.717, 1.165) is 41.7 Å². The van der Waals surface area contributed by atoms with E-state index in [1.807, 2.05) is 24.3 Å². The fourth-order valence-corrected chi connectivity index (χ4v) is 3.28. The van der Waals surface area contributed by atoms with Gasteiger partial charge in [-0.05, 0) is 42.7 Å². The molecule has 1 heterocycles. The van der Waals surface area contributed by atoms with Crippen molar-refractivity contribution >= 4 is 33.2 Å². The average Bonchev–Trinajstić information content (AvgIpc) is 3.04. The molecule has 0 aromatic heterocycles. The number of hydrogen-bond acceptors (Lipinski definition) is 2. The monoisotopic (exact) mass is 376 g/mol. The van der Waals surface area contributed by atoms with E-state index in [4.69, 9.17) is 0 Å². The summed E-state index contributed by atoms with van der Waals surface area (Å²) in [6, 6.07) is 12.2. The maximum absolute atomic E-state index is 13.6. The minimum absolute atomic E-state index is 0.150. The molecule has 1 aliphatic rings. The molecule has 1 N–H and O–H groups in total. The van der Waals surface area contributed by atoms with Gasteiger partial charge in [0.1, 0.15) is 5.82 Å². The molecule has 1 fully saturated rings. The summed E-state index contributed by atoms with van der Waals surface area (Å²) in [5.41, 5.74) is 2.34. The van der Waals surface area contributed by atoms with Crippen molar-refractivity contribution in [2.75, 3.05) is 23.3 Å². The summed E-state index contributed by atoms with van der Waals surface area (Å²) in [5, 5.41) is 2.86. The first-order valence-electron chi connectivity index (χ1n) is 7.71. The van der Waals surface area contributed by atoms with Gasteiger partial charge in [0, 0.05) is 17.6 Å². The number of rotatable bonds is 4. The van der Waals surface area contributed by atoms with Crippen molar-refractivity contribution in [3.05, 3.63) is 58.3 Å². The summed E-state index contributed by atoms with van der Waals surface area (Å²) >= 11 is 3.44. The Morgan fingerprint density at radius 1 is 1.17 bits per heavy atom. The van der Waals surface area contributed by atoms with Crippen LogP contribution >= 0.6 is 15.9 Å². The minimum atomic E-state index is -0.343. The average molecular weight is 377 g/mol. The Kier molecular flexibility index (Phi) is 4.96. The van der Waals surface area contributed by atoms with Gasteiger partial charge >= 0.3 is 0 Å². The van der Waals surface area contributed by atoms with E-state index in [9.17, 15) is 9.18 Å². The van der Waals surface area contributed by atoms with Crippen LogP contribution in [0.4, 0.5) is 15.8 Å². The number of carbonyl (C=O) groups excluding carboxylic acids is 1. The first-order valence-corrected chi connectivity index (χ1v) is 8.50. The van der Waals surface area contributed by atoms with Crippen molar-refractivity contribution in [2.45, 2.75) is 19.3 Å². The van der Waals surface area contributed by atoms with Crippen LogP contribution in [-0.2, 0) is 11.2 Å². The number of carbonyl (C=O) groups is 1. The zero-order chi connectivity index (χ0) is 16.2. The van der Waals surface area contributed by atoms with Crippen LogP contribution in [0.2, 0.25) is 0 Å². The summed E-state index contributed by atoms with van der Waals surface area (Å²) in [6.07, 6.45) is 2.50. The summed E-state index contributed by atoms with van der Waals surface area (Å²) in [5.74, 6) is -0.493. The van der Waals surface area contributed by atoms with Crippen molar-refractivity contribution in [1.29, 1.82) is 0 Å². The molecule has 2 aromatic carbocycles. The molecule has 0 spiro atoms. The molecular formula is C18H18BrFN2O. The number of amides is 1. The molecule has 0 aliphatic carbocycles. The van der Waals surface area contributed by atoms with Gasteiger partial charge in [-0.1, -0.05) is 34.1 Å². The molecule has 2 aromatic rings. The summed E-state index contributed by atoms with van der Waals surface area (Å²) < 4.78 is 14.5. The highest BCUT2D eigenvalue weighted by atomic mass is 79.9. The third-order valence-electron chi connectivity index (χ3n) is 3.99. The van der Waals surface area contributed by atoms with Crippen LogP contribution < -0.4 is 10.2 Å². The summed E-state index contributed by atoms with van der Waals surface area (Å²) in [7, 11) is 0. The maximum atomic E-state index is 13.6. The summed E-state index contributed by atoms with van der Waals surface area (Å²) in [6.45, 7) is 1.89. The van der Waals surface area contributed by atoms with Gasteiger partial charge in [0.15, 0.2) is 0 Å². The Morgan fingerprint density at radius 3 is 2.65 bits per heavy atom. The summed E-state index contributed by atoms with van der Waals surface area (Å²) in [4.78, 5) is 14.5. The van der Waals surface area contributed by atoms with Crippen LogP contribution in [-0.4, -0.2) is 19.0 Å². The van der Waals surface area contributed by atoms with E-state index in [0.29, 0.717) is 5.69 Å². The molecule has 1 saturated heterocycles. The fraction of sp³-hybridized carbons (Fsp3) is 0.278. The van der Waals surface area contributed by atoms with Crippen molar-refractivity contribution < 1.29 is 9.18 Å². The Bertz CT molecular complexity index is 714. The molecule has 5 heteroatoms. The van der Waals surface area contributed by atoms with E-state index in [-0.39, 0.29) is 18.1 Å². The molecule has 3 nitrogen and oxygen atoms in total. The molecule has 3 rings (SSSR count). The van der Waals surface area contributed by atoms with Crippen molar-refractivity contribution in [3.8, 4) is 0 Å². The predicted molar refractivity (Wildman–Crippen MR) is 94.3 cm³/mol. The van der Waals surface area contributed by atoms with Crippen LogP contribution in [0.15, 0.2) is 46.9 Å². The normalized spacial score (nSPS) is 14.1. The zero-order valence-electron chi connectivity index (χ0n) is 12.7. The molecule has 120 valence electrons. The standard InChI is InChI=1S/C18H18BrFN2O/c19-15-6-2-1-5-13(15)11-18(23)21-16-12-14(20)7-8-17(16)22-9-3-4-10-22/h1-2,5-8,12H,3-4,9-11H2,(H,21,23).